The predicted octanol–water partition coefficient (Wildman–Crippen LogP) is 2.77. The second-order valence-electron chi connectivity index (χ2n) is 5.29. The highest BCUT2D eigenvalue weighted by Gasteiger charge is 2.16. The molecule has 8 nitrogen and oxygen atoms in total. The molecule has 0 fully saturated rings. The van der Waals surface area contributed by atoms with E-state index in [9.17, 15) is 9.18 Å². The van der Waals surface area contributed by atoms with E-state index in [-0.39, 0.29) is 30.1 Å². The fourth-order valence-electron chi connectivity index (χ4n) is 2.14. The Labute approximate surface area is 152 Å². The van der Waals surface area contributed by atoms with Crippen molar-refractivity contribution in [2.45, 2.75) is 20.5 Å². The number of aryl methyl sites for hydroxylation is 2. The maximum Gasteiger partial charge on any atom is 0.350 e. The molecule has 0 bridgehead atoms. The lowest BCUT2D eigenvalue weighted by Crippen LogP contribution is -2.11. The van der Waals surface area contributed by atoms with Gasteiger partial charge in [-0.2, -0.15) is 15.0 Å². The summed E-state index contributed by atoms with van der Waals surface area (Å²) in [5, 5.41) is 3.67. The van der Waals surface area contributed by atoms with E-state index in [0.717, 1.165) is 5.01 Å². The van der Waals surface area contributed by atoms with Gasteiger partial charge in [-0.05, 0) is 38.1 Å². The van der Waals surface area contributed by atoms with Crippen LogP contribution in [0.4, 0.5) is 22.0 Å². The zero-order valence-corrected chi connectivity index (χ0v) is 14.8. The van der Waals surface area contributed by atoms with E-state index in [4.69, 9.17) is 10.5 Å². The van der Waals surface area contributed by atoms with Crippen LogP contribution < -0.4 is 11.1 Å². The fraction of sp³-hybridized carbons (Fsp3) is 0.188. The van der Waals surface area contributed by atoms with Crippen molar-refractivity contribution < 1.29 is 13.9 Å². The Kier molecular flexibility index (Phi) is 5.03. The summed E-state index contributed by atoms with van der Waals surface area (Å²) in [6.07, 6.45) is 0. The molecule has 3 aromatic rings. The number of esters is 1. The molecular formula is C16H15FN6O2S. The second-order valence-corrected chi connectivity index (χ2v) is 6.49. The first kappa shape index (κ1) is 17.7. The Morgan fingerprint density at radius 3 is 2.58 bits per heavy atom. The Balaban J connectivity index is 1.70. The second kappa shape index (κ2) is 7.40. The van der Waals surface area contributed by atoms with Crippen LogP contribution in [0.3, 0.4) is 0 Å². The van der Waals surface area contributed by atoms with Gasteiger partial charge in [0.25, 0.3) is 0 Å². The lowest BCUT2D eigenvalue weighted by Gasteiger charge is -2.08. The number of carbonyl (C=O) groups excluding carboxylic acids is 1. The van der Waals surface area contributed by atoms with E-state index in [1.807, 2.05) is 6.92 Å². The number of nitrogen functional groups attached to an aromatic ring is 1. The summed E-state index contributed by atoms with van der Waals surface area (Å²) in [6, 6.07) is 5.66. The number of hydrogen-bond donors (Lipinski definition) is 2. The van der Waals surface area contributed by atoms with Crippen LogP contribution in [-0.4, -0.2) is 25.9 Å². The number of hydrogen-bond acceptors (Lipinski definition) is 9. The highest BCUT2D eigenvalue weighted by atomic mass is 32.1. The number of carbonyl (C=O) groups is 1. The largest absolute Gasteiger partial charge is 0.453 e. The van der Waals surface area contributed by atoms with Crippen LogP contribution in [0.15, 0.2) is 24.3 Å². The van der Waals surface area contributed by atoms with Gasteiger partial charge in [0.15, 0.2) is 12.4 Å². The number of rotatable bonds is 5. The monoisotopic (exact) mass is 374 g/mol. The lowest BCUT2D eigenvalue weighted by atomic mass is 10.3. The minimum atomic E-state index is -0.500. The highest BCUT2D eigenvalue weighted by Crippen LogP contribution is 2.19. The van der Waals surface area contributed by atoms with Crippen molar-refractivity contribution in [1.29, 1.82) is 0 Å². The first-order valence-corrected chi connectivity index (χ1v) is 8.36. The van der Waals surface area contributed by atoms with Crippen molar-refractivity contribution >= 4 is 34.9 Å². The molecule has 0 amide bonds. The van der Waals surface area contributed by atoms with Gasteiger partial charge in [0, 0.05) is 5.69 Å². The molecule has 2 aromatic heterocycles. The zero-order valence-electron chi connectivity index (χ0n) is 14.0. The normalized spacial score (nSPS) is 10.6. The minimum Gasteiger partial charge on any atom is -0.453 e. The van der Waals surface area contributed by atoms with Crippen molar-refractivity contribution in [3.05, 3.63) is 51.5 Å². The van der Waals surface area contributed by atoms with E-state index in [1.165, 1.54) is 35.6 Å². The van der Waals surface area contributed by atoms with Gasteiger partial charge in [0.05, 0.1) is 10.7 Å². The van der Waals surface area contributed by atoms with Crippen LogP contribution in [0.25, 0.3) is 0 Å². The standard InChI is InChI=1S/C16H15FN6O2S/c1-8-13(26-9(2)19-8)14(24)25-7-12-21-15(18)23-16(22-12)20-11-5-3-10(17)4-6-11/h3-6H,7H2,1-2H3,(H3,18,20,21,22,23). The summed E-state index contributed by atoms with van der Waals surface area (Å²) in [5.41, 5.74) is 6.87. The molecule has 0 spiro atoms. The summed E-state index contributed by atoms with van der Waals surface area (Å²) in [4.78, 5) is 28.8. The van der Waals surface area contributed by atoms with Crippen molar-refractivity contribution in [1.82, 2.24) is 19.9 Å². The maximum absolute atomic E-state index is 13.0. The van der Waals surface area contributed by atoms with Gasteiger partial charge in [-0.3, -0.25) is 0 Å². The maximum atomic E-state index is 13.0. The number of halogens is 1. The number of benzene rings is 1. The Morgan fingerprint density at radius 2 is 1.92 bits per heavy atom. The number of ether oxygens (including phenoxy) is 1. The quantitative estimate of drug-likeness (QED) is 0.655. The number of nitrogens with two attached hydrogens (primary N) is 1. The van der Waals surface area contributed by atoms with Gasteiger partial charge >= 0.3 is 5.97 Å². The molecule has 0 aliphatic rings. The highest BCUT2D eigenvalue weighted by molar-refractivity contribution is 7.13. The van der Waals surface area contributed by atoms with Gasteiger partial charge < -0.3 is 15.8 Å². The van der Waals surface area contributed by atoms with Gasteiger partial charge in [-0.25, -0.2) is 14.2 Å². The van der Waals surface area contributed by atoms with Gasteiger partial charge in [-0.1, -0.05) is 0 Å². The molecule has 1 aromatic carbocycles. The van der Waals surface area contributed by atoms with Crippen LogP contribution in [0.5, 0.6) is 0 Å². The molecule has 0 saturated carbocycles. The summed E-state index contributed by atoms with van der Waals surface area (Å²) in [7, 11) is 0. The predicted molar refractivity (Wildman–Crippen MR) is 94.6 cm³/mol. The molecule has 134 valence electrons. The van der Waals surface area contributed by atoms with Crippen LogP contribution >= 0.6 is 11.3 Å². The van der Waals surface area contributed by atoms with Crippen LogP contribution in [0.1, 0.15) is 26.2 Å². The Hall–Kier alpha value is -3.14. The van der Waals surface area contributed by atoms with Crippen LogP contribution in [-0.2, 0) is 11.3 Å². The molecule has 0 unspecified atom stereocenters. The molecule has 0 saturated heterocycles. The number of nitrogens with zero attached hydrogens (tertiary/aromatic N) is 4. The fourth-order valence-corrected chi connectivity index (χ4v) is 2.95. The number of nitrogens with one attached hydrogen (secondary N) is 1. The third-order valence-electron chi connectivity index (χ3n) is 3.22. The van der Waals surface area contributed by atoms with E-state index in [1.54, 1.807) is 6.92 Å². The lowest BCUT2D eigenvalue weighted by molar-refractivity contribution is 0.0467. The van der Waals surface area contributed by atoms with Crippen molar-refractivity contribution in [3.8, 4) is 0 Å². The molecule has 2 heterocycles. The van der Waals surface area contributed by atoms with E-state index >= 15 is 0 Å². The van der Waals surface area contributed by atoms with Gasteiger partial charge in [-0.15, -0.1) is 11.3 Å². The van der Waals surface area contributed by atoms with Gasteiger partial charge in [0.1, 0.15) is 10.7 Å². The smallest absolute Gasteiger partial charge is 0.350 e. The Morgan fingerprint density at radius 1 is 1.19 bits per heavy atom. The third-order valence-corrected chi connectivity index (χ3v) is 4.27. The minimum absolute atomic E-state index is 0.0273. The van der Waals surface area contributed by atoms with Crippen LogP contribution in [0, 0.1) is 19.7 Å². The molecule has 0 aliphatic carbocycles. The summed E-state index contributed by atoms with van der Waals surface area (Å²) in [5.74, 6) is -0.526. The van der Waals surface area contributed by atoms with E-state index in [2.05, 4.69) is 25.3 Å². The van der Waals surface area contributed by atoms with Crippen LogP contribution in [0.2, 0.25) is 0 Å². The molecule has 0 atom stereocenters. The van der Waals surface area contributed by atoms with E-state index < -0.39 is 5.97 Å². The molecule has 3 rings (SSSR count). The van der Waals surface area contributed by atoms with Crippen molar-refractivity contribution in [2.24, 2.45) is 0 Å². The summed E-state index contributed by atoms with van der Waals surface area (Å²) in [6.45, 7) is 3.39. The molecule has 0 radical (unpaired) electrons. The third kappa shape index (κ3) is 4.28. The number of anilines is 3. The first-order valence-electron chi connectivity index (χ1n) is 7.55. The number of thiazole rings is 1. The molecule has 26 heavy (non-hydrogen) atoms. The molecule has 0 aliphatic heterocycles. The molecule has 10 heteroatoms. The average molecular weight is 374 g/mol. The Bertz CT molecular complexity index is 944. The van der Waals surface area contributed by atoms with Crippen molar-refractivity contribution in [2.75, 3.05) is 11.1 Å². The molecule has 3 N–H and O–H groups in total. The average Bonchev–Trinajstić information content (AvgIpc) is 2.93. The van der Waals surface area contributed by atoms with Crippen molar-refractivity contribution in [3.63, 3.8) is 0 Å². The SMILES string of the molecule is Cc1nc(C)c(C(=O)OCc2nc(N)nc(Nc3ccc(F)cc3)n2)s1. The zero-order chi connectivity index (χ0) is 18.7. The summed E-state index contributed by atoms with van der Waals surface area (Å²) >= 11 is 1.26. The topological polar surface area (TPSA) is 116 Å². The van der Waals surface area contributed by atoms with Gasteiger partial charge in [0.2, 0.25) is 11.9 Å². The number of aromatic nitrogens is 4. The molecular weight excluding hydrogens is 359 g/mol. The van der Waals surface area contributed by atoms with E-state index in [0.29, 0.717) is 16.3 Å². The first-order chi connectivity index (χ1) is 12.4. The summed E-state index contributed by atoms with van der Waals surface area (Å²) < 4.78 is 18.2.